The first-order valence-corrected chi connectivity index (χ1v) is 9.49. The van der Waals surface area contributed by atoms with Gasteiger partial charge in [0.1, 0.15) is 11.5 Å². The zero-order valence-electron chi connectivity index (χ0n) is 16.0. The number of nitrogens with zero attached hydrogens (tertiary/aromatic N) is 4. The van der Waals surface area contributed by atoms with Crippen LogP contribution in [0.2, 0.25) is 0 Å². The average molecular weight is 375 g/mol. The third kappa shape index (κ3) is 3.91. The number of halogens is 1. The molecule has 0 fully saturated rings. The number of aromatic amines is 1. The Kier molecular flexibility index (Phi) is 5.10. The SMILES string of the molecule is CCc1ncc(CCc2ccc(Cc3c[nH]c4ncc(C)cc34)c(F)n2)cn1. The smallest absolute Gasteiger partial charge is 0.216 e. The minimum Gasteiger partial charge on any atom is -0.346 e. The van der Waals surface area contributed by atoms with Crippen LogP contribution in [0.25, 0.3) is 11.0 Å². The van der Waals surface area contributed by atoms with Gasteiger partial charge in [-0.1, -0.05) is 13.0 Å². The molecule has 0 bridgehead atoms. The standard InChI is InChI=1S/C22H22FN5/c1-3-20-24-11-15(12-25-20)4-6-18-7-5-16(21(23)28-18)9-17-13-27-22-19(17)8-14(2)10-26-22/h5,7-8,10-13H,3-4,6,9H2,1-2H3,(H,26,27). The van der Waals surface area contributed by atoms with Crippen LogP contribution in [-0.2, 0) is 25.7 Å². The Labute approximate surface area is 163 Å². The lowest BCUT2D eigenvalue weighted by molar-refractivity contribution is 0.563. The number of nitrogens with one attached hydrogen (secondary N) is 1. The molecule has 0 saturated heterocycles. The second-order valence-corrected chi connectivity index (χ2v) is 7.01. The van der Waals surface area contributed by atoms with Gasteiger partial charge in [-0.3, -0.25) is 0 Å². The van der Waals surface area contributed by atoms with E-state index in [1.54, 1.807) is 0 Å². The van der Waals surface area contributed by atoms with Crippen molar-refractivity contribution in [2.45, 2.75) is 39.5 Å². The molecule has 0 amide bonds. The maximum absolute atomic E-state index is 14.6. The Morgan fingerprint density at radius 2 is 1.82 bits per heavy atom. The summed E-state index contributed by atoms with van der Waals surface area (Å²) in [4.78, 5) is 20.3. The highest BCUT2D eigenvalue weighted by Crippen LogP contribution is 2.22. The predicted molar refractivity (Wildman–Crippen MR) is 107 cm³/mol. The molecular formula is C22H22FN5. The van der Waals surface area contributed by atoms with E-state index in [9.17, 15) is 4.39 Å². The molecular weight excluding hydrogens is 353 g/mol. The van der Waals surface area contributed by atoms with E-state index in [0.717, 1.165) is 52.1 Å². The molecule has 0 aliphatic heterocycles. The summed E-state index contributed by atoms with van der Waals surface area (Å²) in [6.07, 6.45) is 10.1. The molecule has 0 spiro atoms. The maximum atomic E-state index is 14.6. The zero-order chi connectivity index (χ0) is 19.5. The lowest BCUT2D eigenvalue weighted by atomic mass is 10.0. The minimum absolute atomic E-state index is 0.412. The van der Waals surface area contributed by atoms with Gasteiger partial charge in [0.2, 0.25) is 5.95 Å². The van der Waals surface area contributed by atoms with Gasteiger partial charge in [-0.2, -0.15) is 4.39 Å². The highest BCUT2D eigenvalue weighted by atomic mass is 19.1. The summed E-state index contributed by atoms with van der Waals surface area (Å²) in [6, 6.07) is 5.80. The molecule has 0 atom stereocenters. The van der Waals surface area contributed by atoms with Crippen LogP contribution in [0.4, 0.5) is 4.39 Å². The fourth-order valence-corrected chi connectivity index (χ4v) is 3.25. The normalized spacial score (nSPS) is 11.2. The van der Waals surface area contributed by atoms with E-state index in [1.165, 1.54) is 0 Å². The molecule has 4 aromatic rings. The van der Waals surface area contributed by atoms with Gasteiger partial charge in [-0.15, -0.1) is 0 Å². The number of H-pyrrole nitrogens is 1. The molecule has 0 aliphatic carbocycles. The van der Waals surface area contributed by atoms with Gasteiger partial charge in [0.25, 0.3) is 0 Å². The Hall–Kier alpha value is -3.15. The molecule has 0 radical (unpaired) electrons. The van der Waals surface area contributed by atoms with Crippen LogP contribution >= 0.6 is 0 Å². The average Bonchev–Trinajstić information content (AvgIpc) is 3.10. The van der Waals surface area contributed by atoms with Crippen molar-refractivity contribution in [3.63, 3.8) is 0 Å². The minimum atomic E-state index is -0.412. The Bertz CT molecular complexity index is 1100. The number of aromatic nitrogens is 5. The Balaban J connectivity index is 1.47. The largest absolute Gasteiger partial charge is 0.346 e. The van der Waals surface area contributed by atoms with Gasteiger partial charge >= 0.3 is 0 Å². The quantitative estimate of drug-likeness (QED) is 0.515. The van der Waals surface area contributed by atoms with E-state index >= 15 is 0 Å². The van der Waals surface area contributed by atoms with Crippen LogP contribution in [-0.4, -0.2) is 24.9 Å². The van der Waals surface area contributed by atoms with Gasteiger partial charge in [-0.05, 0) is 48.6 Å². The van der Waals surface area contributed by atoms with Crippen molar-refractivity contribution in [3.05, 3.63) is 82.7 Å². The maximum Gasteiger partial charge on any atom is 0.216 e. The lowest BCUT2D eigenvalue weighted by Gasteiger charge is -2.06. The van der Waals surface area contributed by atoms with E-state index in [1.807, 2.05) is 50.8 Å². The van der Waals surface area contributed by atoms with Gasteiger partial charge in [0, 0.05) is 54.3 Å². The molecule has 1 N–H and O–H groups in total. The topological polar surface area (TPSA) is 67.3 Å². The second-order valence-electron chi connectivity index (χ2n) is 7.01. The van der Waals surface area contributed by atoms with Crippen LogP contribution in [0.5, 0.6) is 0 Å². The van der Waals surface area contributed by atoms with Crippen molar-refractivity contribution in [1.29, 1.82) is 0 Å². The van der Waals surface area contributed by atoms with Gasteiger partial charge in [0.15, 0.2) is 0 Å². The Morgan fingerprint density at radius 3 is 2.57 bits per heavy atom. The molecule has 0 aliphatic rings. The predicted octanol–water partition coefficient (Wildman–Crippen LogP) is 4.13. The summed E-state index contributed by atoms with van der Waals surface area (Å²) in [5.74, 6) is 0.421. The third-order valence-corrected chi connectivity index (χ3v) is 4.86. The molecule has 28 heavy (non-hydrogen) atoms. The number of pyridine rings is 2. The summed E-state index contributed by atoms with van der Waals surface area (Å²) in [5.41, 5.74) is 5.28. The molecule has 0 unspecified atom stereocenters. The van der Waals surface area contributed by atoms with E-state index in [0.29, 0.717) is 18.4 Å². The summed E-state index contributed by atoms with van der Waals surface area (Å²) in [7, 11) is 0. The van der Waals surface area contributed by atoms with Crippen molar-refractivity contribution in [1.82, 2.24) is 24.9 Å². The van der Waals surface area contributed by atoms with Crippen LogP contribution in [0.3, 0.4) is 0 Å². The summed E-state index contributed by atoms with van der Waals surface area (Å²) in [5, 5.41) is 1.03. The molecule has 142 valence electrons. The number of aryl methyl sites for hydroxylation is 4. The van der Waals surface area contributed by atoms with E-state index in [4.69, 9.17) is 0 Å². The van der Waals surface area contributed by atoms with E-state index in [2.05, 4.69) is 31.0 Å². The lowest BCUT2D eigenvalue weighted by Crippen LogP contribution is -2.02. The summed E-state index contributed by atoms with van der Waals surface area (Å²) in [6.45, 7) is 4.03. The van der Waals surface area contributed by atoms with Crippen LogP contribution in [0, 0.1) is 12.9 Å². The molecule has 4 rings (SSSR count). The van der Waals surface area contributed by atoms with Crippen molar-refractivity contribution < 1.29 is 4.39 Å². The number of hydrogen-bond donors (Lipinski definition) is 1. The van der Waals surface area contributed by atoms with Crippen molar-refractivity contribution in [2.75, 3.05) is 0 Å². The summed E-state index contributed by atoms with van der Waals surface area (Å²) >= 11 is 0. The van der Waals surface area contributed by atoms with Gasteiger partial charge < -0.3 is 4.98 Å². The van der Waals surface area contributed by atoms with Crippen LogP contribution in [0.15, 0.2) is 43.0 Å². The number of rotatable bonds is 6. The van der Waals surface area contributed by atoms with Crippen molar-refractivity contribution in [3.8, 4) is 0 Å². The fraction of sp³-hybridized carbons (Fsp3) is 0.273. The third-order valence-electron chi connectivity index (χ3n) is 4.86. The van der Waals surface area contributed by atoms with Crippen molar-refractivity contribution in [2.24, 2.45) is 0 Å². The summed E-state index contributed by atoms with van der Waals surface area (Å²) < 4.78 is 14.6. The highest BCUT2D eigenvalue weighted by Gasteiger charge is 2.11. The van der Waals surface area contributed by atoms with E-state index in [-0.39, 0.29) is 0 Å². The van der Waals surface area contributed by atoms with E-state index < -0.39 is 5.95 Å². The first-order valence-electron chi connectivity index (χ1n) is 9.49. The molecule has 5 nitrogen and oxygen atoms in total. The molecule has 6 heteroatoms. The van der Waals surface area contributed by atoms with Gasteiger partial charge in [0.05, 0.1) is 0 Å². The Morgan fingerprint density at radius 1 is 1.00 bits per heavy atom. The molecule has 0 saturated carbocycles. The monoisotopic (exact) mass is 375 g/mol. The van der Waals surface area contributed by atoms with Crippen LogP contribution in [0.1, 0.15) is 40.7 Å². The van der Waals surface area contributed by atoms with Crippen molar-refractivity contribution >= 4 is 11.0 Å². The first-order chi connectivity index (χ1) is 13.6. The number of fused-ring (bicyclic) bond motifs is 1. The molecule has 4 heterocycles. The molecule has 0 aromatic carbocycles. The second kappa shape index (κ2) is 7.84. The first kappa shape index (κ1) is 18.2. The van der Waals surface area contributed by atoms with Gasteiger partial charge in [-0.25, -0.2) is 19.9 Å². The molecule has 4 aromatic heterocycles. The number of hydrogen-bond acceptors (Lipinski definition) is 4. The highest BCUT2D eigenvalue weighted by molar-refractivity contribution is 5.80. The van der Waals surface area contributed by atoms with Crippen LogP contribution < -0.4 is 0 Å². The fourth-order valence-electron chi connectivity index (χ4n) is 3.25. The zero-order valence-corrected chi connectivity index (χ0v) is 16.0.